The first-order valence-electron chi connectivity index (χ1n) is 5.44. The Hall–Kier alpha value is -0.570. The highest BCUT2D eigenvalue weighted by molar-refractivity contribution is 5.83. The summed E-state index contributed by atoms with van der Waals surface area (Å²) in [4.78, 5) is 13.9. The quantitative estimate of drug-likeness (QED) is 0.744. The highest BCUT2D eigenvalue weighted by Crippen LogP contribution is 2.29. The van der Waals surface area contributed by atoms with Crippen LogP contribution >= 0.6 is 0 Å². The molecule has 0 saturated heterocycles. The number of carbonyl (C=O) groups excluding carboxylic acids is 1. The molecule has 82 valence electrons. The fourth-order valence-corrected chi connectivity index (χ4v) is 1.53. The smallest absolute Gasteiger partial charge is 0.240 e. The van der Waals surface area contributed by atoms with Crippen LogP contribution in [0.4, 0.5) is 0 Å². The fourth-order valence-electron chi connectivity index (χ4n) is 1.53. The van der Waals surface area contributed by atoms with Gasteiger partial charge in [0.05, 0.1) is 6.04 Å². The maximum atomic E-state index is 12.0. The van der Waals surface area contributed by atoms with Gasteiger partial charge < -0.3 is 10.6 Å². The molecule has 0 heterocycles. The van der Waals surface area contributed by atoms with Crippen LogP contribution in [0, 0.1) is 5.41 Å². The van der Waals surface area contributed by atoms with E-state index in [9.17, 15) is 4.79 Å². The Morgan fingerprint density at radius 3 is 2.29 bits per heavy atom. The van der Waals surface area contributed by atoms with Gasteiger partial charge in [0.15, 0.2) is 0 Å². The van der Waals surface area contributed by atoms with Crippen LogP contribution < -0.4 is 5.73 Å². The third-order valence-electron chi connectivity index (χ3n) is 2.81. The van der Waals surface area contributed by atoms with Gasteiger partial charge in [-0.2, -0.15) is 0 Å². The molecule has 14 heavy (non-hydrogen) atoms. The molecule has 3 heteroatoms. The molecule has 0 spiro atoms. The molecular formula is C11H22N2O. The van der Waals surface area contributed by atoms with Gasteiger partial charge >= 0.3 is 0 Å². The van der Waals surface area contributed by atoms with Crippen molar-refractivity contribution in [1.82, 2.24) is 4.90 Å². The van der Waals surface area contributed by atoms with Crippen molar-refractivity contribution in [2.75, 3.05) is 6.54 Å². The van der Waals surface area contributed by atoms with Crippen molar-refractivity contribution in [2.45, 2.75) is 52.6 Å². The highest BCUT2D eigenvalue weighted by atomic mass is 16.2. The molecule has 1 rings (SSSR count). The van der Waals surface area contributed by atoms with E-state index >= 15 is 0 Å². The maximum Gasteiger partial charge on any atom is 0.240 e. The summed E-state index contributed by atoms with van der Waals surface area (Å²) in [5.41, 5.74) is 5.81. The number of hydrogen-bond donors (Lipinski definition) is 1. The van der Waals surface area contributed by atoms with Crippen molar-refractivity contribution in [3.05, 3.63) is 0 Å². The molecule has 3 nitrogen and oxygen atoms in total. The average Bonchev–Trinajstić information content (AvgIpc) is 2.86. The van der Waals surface area contributed by atoms with Gasteiger partial charge in [-0.25, -0.2) is 0 Å². The fraction of sp³-hybridized carbons (Fsp3) is 0.909. The van der Waals surface area contributed by atoms with E-state index in [1.165, 1.54) is 0 Å². The third-order valence-corrected chi connectivity index (χ3v) is 2.81. The molecule has 0 aromatic heterocycles. The van der Waals surface area contributed by atoms with Crippen LogP contribution in [0.15, 0.2) is 0 Å². The second-order valence-electron chi connectivity index (χ2n) is 5.20. The minimum atomic E-state index is -0.372. The monoisotopic (exact) mass is 198 g/mol. The number of hydrogen-bond acceptors (Lipinski definition) is 2. The maximum absolute atomic E-state index is 12.0. The van der Waals surface area contributed by atoms with Gasteiger partial charge in [0.25, 0.3) is 0 Å². The van der Waals surface area contributed by atoms with Crippen molar-refractivity contribution in [2.24, 2.45) is 11.1 Å². The van der Waals surface area contributed by atoms with Gasteiger partial charge in [-0.1, -0.05) is 20.8 Å². The predicted octanol–water partition coefficient (Wildman–Crippen LogP) is 1.37. The van der Waals surface area contributed by atoms with Gasteiger partial charge in [0, 0.05) is 12.6 Å². The van der Waals surface area contributed by atoms with Crippen LogP contribution in [0.1, 0.15) is 40.5 Å². The van der Waals surface area contributed by atoms with E-state index in [2.05, 4.69) is 0 Å². The Kier molecular flexibility index (Phi) is 3.20. The largest absolute Gasteiger partial charge is 0.339 e. The molecule has 0 radical (unpaired) electrons. The first-order valence-corrected chi connectivity index (χ1v) is 5.44. The van der Waals surface area contributed by atoms with Crippen LogP contribution in [-0.2, 0) is 4.79 Å². The standard InChI is InChI=1S/C11H22N2O/c1-5-13(8-6-7-8)10(14)9(12)11(2,3)4/h8-9H,5-7,12H2,1-4H3. The van der Waals surface area contributed by atoms with E-state index in [1.807, 2.05) is 32.6 Å². The van der Waals surface area contributed by atoms with Gasteiger partial charge in [0.1, 0.15) is 0 Å². The van der Waals surface area contributed by atoms with Gasteiger partial charge in [0.2, 0.25) is 5.91 Å². The molecular weight excluding hydrogens is 176 g/mol. The first-order chi connectivity index (χ1) is 6.38. The summed E-state index contributed by atoms with van der Waals surface area (Å²) < 4.78 is 0. The van der Waals surface area contributed by atoms with E-state index in [0.29, 0.717) is 6.04 Å². The van der Waals surface area contributed by atoms with E-state index < -0.39 is 0 Å². The van der Waals surface area contributed by atoms with Crippen LogP contribution in [0.3, 0.4) is 0 Å². The molecule has 0 aliphatic heterocycles. The lowest BCUT2D eigenvalue weighted by Crippen LogP contribution is -2.51. The van der Waals surface area contributed by atoms with E-state index in [-0.39, 0.29) is 17.4 Å². The van der Waals surface area contributed by atoms with Crippen molar-refractivity contribution >= 4 is 5.91 Å². The third kappa shape index (κ3) is 2.47. The molecule has 0 bridgehead atoms. The predicted molar refractivity (Wildman–Crippen MR) is 57.8 cm³/mol. The molecule has 1 saturated carbocycles. The molecule has 0 aromatic carbocycles. The topological polar surface area (TPSA) is 46.3 Å². The molecule has 1 unspecified atom stereocenters. The average molecular weight is 198 g/mol. The lowest BCUT2D eigenvalue weighted by atomic mass is 9.86. The molecule has 1 amide bonds. The lowest BCUT2D eigenvalue weighted by molar-refractivity contribution is -0.135. The van der Waals surface area contributed by atoms with E-state index in [1.54, 1.807) is 0 Å². The number of nitrogens with two attached hydrogens (primary N) is 1. The summed E-state index contributed by atoms with van der Waals surface area (Å²) in [6.07, 6.45) is 2.30. The van der Waals surface area contributed by atoms with E-state index in [4.69, 9.17) is 5.73 Å². The summed E-state index contributed by atoms with van der Waals surface area (Å²) in [7, 11) is 0. The Balaban J connectivity index is 2.62. The summed E-state index contributed by atoms with van der Waals surface area (Å²) in [6.45, 7) is 8.84. The number of nitrogens with zero attached hydrogens (tertiary/aromatic N) is 1. The van der Waals surface area contributed by atoms with Crippen molar-refractivity contribution in [3.63, 3.8) is 0 Å². The van der Waals surface area contributed by atoms with Crippen molar-refractivity contribution < 1.29 is 4.79 Å². The van der Waals surface area contributed by atoms with Crippen LogP contribution in [0.2, 0.25) is 0 Å². The minimum Gasteiger partial charge on any atom is -0.339 e. The highest BCUT2D eigenvalue weighted by Gasteiger charge is 2.37. The Morgan fingerprint density at radius 2 is 2.00 bits per heavy atom. The number of amides is 1. The lowest BCUT2D eigenvalue weighted by Gasteiger charge is -2.31. The van der Waals surface area contributed by atoms with Crippen molar-refractivity contribution in [3.8, 4) is 0 Å². The van der Waals surface area contributed by atoms with E-state index in [0.717, 1.165) is 19.4 Å². The Labute approximate surface area is 86.6 Å². The number of carbonyl (C=O) groups is 1. The molecule has 1 aliphatic rings. The van der Waals surface area contributed by atoms with Crippen molar-refractivity contribution in [1.29, 1.82) is 0 Å². The zero-order chi connectivity index (χ0) is 10.9. The first kappa shape index (κ1) is 11.5. The second kappa shape index (κ2) is 3.89. The molecule has 2 N–H and O–H groups in total. The van der Waals surface area contributed by atoms with Crippen LogP contribution in [0.5, 0.6) is 0 Å². The molecule has 1 atom stereocenters. The summed E-state index contributed by atoms with van der Waals surface area (Å²) in [6, 6.07) is 0.101. The zero-order valence-electron chi connectivity index (χ0n) is 9.71. The molecule has 1 aliphatic carbocycles. The van der Waals surface area contributed by atoms with Crippen LogP contribution in [0.25, 0.3) is 0 Å². The SMILES string of the molecule is CCN(C(=O)C(N)C(C)(C)C)C1CC1. The summed E-state index contributed by atoms with van der Waals surface area (Å²) in [5.74, 6) is 0.113. The van der Waals surface area contributed by atoms with Crippen LogP contribution in [-0.4, -0.2) is 29.4 Å². The zero-order valence-corrected chi connectivity index (χ0v) is 9.71. The minimum absolute atomic E-state index is 0.113. The van der Waals surface area contributed by atoms with Gasteiger partial charge in [-0.3, -0.25) is 4.79 Å². The Bertz CT molecular complexity index is 212. The number of rotatable bonds is 3. The molecule has 1 fully saturated rings. The second-order valence-corrected chi connectivity index (χ2v) is 5.20. The van der Waals surface area contributed by atoms with Gasteiger partial charge in [-0.05, 0) is 25.2 Å². The molecule has 0 aromatic rings. The normalized spacial score (nSPS) is 19.2. The van der Waals surface area contributed by atoms with Gasteiger partial charge in [-0.15, -0.1) is 0 Å². The Morgan fingerprint density at radius 1 is 1.50 bits per heavy atom. The number of likely N-dealkylation sites (N-methyl/N-ethyl adjacent to an activating group) is 1. The summed E-state index contributed by atoms with van der Waals surface area (Å²) in [5, 5.41) is 0. The summed E-state index contributed by atoms with van der Waals surface area (Å²) >= 11 is 0.